The van der Waals surface area contributed by atoms with E-state index in [4.69, 9.17) is 4.74 Å². The highest BCUT2D eigenvalue weighted by Gasteiger charge is 2.29. The van der Waals surface area contributed by atoms with Crippen molar-refractivity contribution in [2.75, 3.05) is 37.4 Å². The van der Waals surface area contributed by atoms with Gasteiger partial charge in [0.1, 0.15) is 16.5 Å². The van der Waals surface area contributed by atoms with Gasteiger partial charge in [-0.05, 0) is 43.2 Å². The SMILES string of the molecule is COc1ccc(NCC(=O)Nc2ccccc2F)cc1S(=O)(=O)N1CCCCC1. The van der Waals surface area contributed by atoms with Crippen LogP contribution in [0.1, 0.15) is 19.3 Å². The van der Waals surface area contributed by atoms with Crippen LogP contribution in [0, 0.1) is 5.82 Å². The van der Waals surface area contributed by atoms with Crippen LogP contribution in [0.4, 0.5) is 15.8 Å². The van der Waals surface area contributed by atoms with Crippen molar-refractivity contribution in [3.8, 4) is 5.75 Å². The number of methoxy groups -OCH3 is 1. The number of para-hydroxylation sites is 1. The molecular formula is C20H24FN3O4S. The fourth-order valence-corrected chi connectivity index (χ4v) is 4.87. The maximum absolute atomic E-state index is 13.6. The third-order valence-corrected chi connectivity index (χ3v) is 6.62. The number of rotatable bonds is 7. The predicted molar refractivity (Wildman–Crippen MR) is 109 cm³/mol. The lowest BCUT2D eigenvalue weighted by molar-refractivity contribution is -0.114. The van der Waals surface area contributed by atoms with Crippen molar-refractivity contribution in [2.45, 2.75) is 24.2 Å². The first-order valence-corrected chi connectivity index (χ1v) is 10.8. The van der Waals surface area contributed by atoms with E-state index in [9.17, 15) is 17.6 Å². The summed E-state index contributed by atoms with van der Waals surface area (Å²) in [5.74, 6) is -0.733. The van der Waals surface area contributed by atoms with E-state index in [2.05, 4.69) is 10.6 Å². The van der Waals surface area contributed by atoms with Crippen LogP contribution in [0.25, 0.3) is 0 Å². The van der Waals surface area contributed by atoms with Gasteiger partial charge in [0.25, 0.3) is 0 Å². The number of sulfonamides is 1. The Balaban J connectivity index is 1.73. The number of ether oxygens (including phenoxy) is 1. The molecule has 0 atom stereocenters. The summed E-state index contributed by atoms with van der Waals surface area (Å²) in [6.07, 6.45) is 2.67. The van der Waals surface area contributed by atoms with Crippen LogP contribution in [0.5, 0.6) is 5.75 Å². The van der Waals surface area contributed by atoms with Gasteiger partial charge >= 0.3 is 0 Å². The highest BCUT2D eigenvalue weighted by atomic mass is 32.2. The molecule has 9 heteroatoms. The van der Waals surface area contributed by atoms with Crippen molar-refractivity contribution in [3.05, 3.63) is 48.3 Å². The standard InChI is InChI=1S/C20H24FN3O4S/c1-28-18-10-9-15(13-19(18)29(26,27)24-11-5-2-6-12-24)22-14-20(25)23-17-8-4-3-7-16(17)21/h3-4,7-10,13,22H,2,5-6,11-12,14H2,1H3,(H,23,25). The van der Waals surface area contributed by atoms with Crippen molar-refractivity contribution >= 4 is 27.3 Å². The molecule has 1 heterocycles. The summed E-state index contributed by atoms with van der Waals surface area (Å²) in [7, 11) is -2.29. The fourth-order valence-electron chi connectivity index (χ4n) is 3.17. The van der Waals surface area contributed by atoms with Crippen LogP contribution in [-0.4, -0.2) is 45.4 Å². The molecule has 0 saturated carbocycles. The number of hydrogen-bond acceptors (Lipinski definition) is 5. The smallest absolute Gasteiger partial charge is 0.246 e. The number of amides is 1. The molecule has 2 N–H and O–H groups in total. The molecule has 0 radical (unpaired) electrons. The molecule has 7 nitrogen and oxygen atoms in total. The number of hydrogen-bond donors (Lipinski definition) is 2. The van der Waals surface area contributed by atoms with Gasteiger partial charge < -0.3 is 15.4 Å². The second kappa shape index (κ2) is 9.23. The molecule has 1 amide bonds. The van der Waals surface area contributed by atoms with Crippen LogP contribution in [-0.2, 0) is 14.8 Å². The summed E-state index contributed by atoms with van der Waals surface area (Å²) >= 11 is 0. The van der Waals surface area contributed by atoms with Gasteiger partial charge in [-0.15, -0.1) is 0 Å². The Morgan fingerprint density at radius 1 is 1.14 bits per heavy atom. The molecule has 1 aliphatic rings. The number of piperidine rings is 1. The van der Waals surface area contributed by atoms with E-state index in [1.54, 1.807) is 18.2 Å². The van der Waals surface area contributed by atoms with Gasteiger partial charge in [0.15, 0.2) is 0 Å². The number of nitrogens with one attached hydrogen (secondary N) is 2. The summed E-state index contributed by atoms with van der Waals surface area (Å²) in [6, 6.07) is 10.5. The Morgan fingerprint density at radius 2 is 1.86 bits per heavy atom. The maximum Gasteiger partial charge on any atom is 0.246 e. The fraction of sp³-hybridized carbons (Fsp3) is 0.350. The van der Waals surface area contributed by atoms with Crippen molar-refractivity contribution in [1.29, 1.82) is 0 Å². The average molecular weight is 421 g/mol. The van der Waals surface area contributed by atoms with Gasteiger partial charge in [0, 0.05) is 18.8 Å². The Hall–Kier alpha value is -2.65. The predicted octanol–water partition coefficient (Wildman–Crippen LogP) is 3.06. The molecule has 156 valence electrons. The number of benzene rings is 2. The molecule has 1 aliphatic heterocycles. The molecule has 1 fully saturated rings. The summed E-state index contributed by atoms with van der Waals surface area (Å²) in [5.41, 5.74) is 0.535. The van der Waals surface area contributed by atoms with Crippen LogP contribution in [0.15, 0.2) is 47.4 Å². The number of carbonyl (C=O) groups is 1. The second-order valence-corrected chi connectivity index (χ2v) is 8.62. The van der Waals surface area contributed by atoms with Gasteiger partial charge in [-0.3, -0.25) is 4.79 Å². The topological polar surface area (TPSA) is 87.7 Å². The lowest BCUT2D eigenvalue weighted by Crippen LogP contribution is -2.35. The van der Waals surface area contributed by atoms with Crippen LogP contribution >= 0.6 is 0 Å². The summed E-state index contributed by atoms with van der Waals surface area (Å²) in [4.78, 5) is 12.2. The normalized spacial score (nSPS) is 15.0. The number of carbonyl (C=O) groups excluding carboxylic acids is 1. The van der Waals surface area contributed by atoms with E-state index in [1.165, 1.54) is 35.7 Å². The van der Waals surface area contributed by atoms with Gasteiger partial charge in [0.2, 0.25) is 15.9 Å². The van der Waals surface area contributed by atoms with Crippen LogP contribution in [0.2, 0.25) is 0 Å². The van der Waals surface area contributed by atoms with E-state index in [-0.39, 0.29) is 22.9 Å². The highest BCUT2D eigenvalue weighted by molar-refractivity contribution is 7.89. The number of nitrogens with zero attached hydrogens (tertiary/aromatic N) is 1. The van der Waals surface area contributed by atoms with Crippen molar-refractivity contribution in [2.24, 2.45) is 0 Å². The Morgan fingerprint density at radius 3 is 2.55 bits per heavy atom. The van der Waals surface area contributed by atoms with Crippen molar-refractivity contribution < 1.29 is 22.3 Å². The molecular weight excluding hydrogens is 397 g/mol. The Bertz CT molecular complexity index is 975. The van der Waals surface area contributed by atoms with E-state index < -0.39 is 21.7 Å². The van der Waals surface area contributed by atoms with Crippen molar-refractivity contribution in [1.82, 2.24) is 4.31 Å². The van der Waals surface area contributed by atoms with Gasteiger partial charge in [-0.2, -0.15) is 4.31 Å². The van der Waals surface area contributed by atoms with E-state index in [0.717, 1.165) is 19.3 Å². The minimum absolute atomic E-state index is 0.0569. The quantitative estimate of drug-likeness (QED) is 0.718. The summed E-state index contributed by atoms with van der Waals surface area (Å²) in [5, 5.41) is 5.35. The first kappa shape index (κ1) is 21.1. The molecule has 2 aromatic carbocycles. The average Bonchev–Trinajstić information content (AvgIpc) is 2.74. The van der Waals surface area contributed by atoms with E-state index in [1.807, 2.05) is 0 Å². The molecule has 29 heavy (non-hydrogen) atoms. The summed E-state index contributed by atoms with van der Waals surface area (Å²) < 4.78 is 46.4. The third-order valence-electron chi connectivity index (χ3n) is 4.70. The van der Waals surface area contributed by atoms with Gasteiger partial charge in [0.05, 0.1) is 19.3 Å². The Labute approximate surface area is 169 Å². The lowest BCUT2D eigenvalue weighted by atomic mass is 10.2. The van der Waals surface area contributed by atoms with E-state index in [0.29, 0.717) is 18.8 Å². The number of anilines is 2. The molecule has 0 bridgehead atoms. The first-order valence-electron chi connectivity index (χ1n) is 9.38. The molecule has 3 rings (SSSR count). The van der Waals surface area contributed by atoms with Crippen LogP contribution in [0.3, 0.4) is 0 Å². The lowest BCUT2D eigenvalue weighted by Gasteiger charge is -2.26. The summed E-state index contributed by atoms with van der Waals surface area (Å²) in [6.45, 7) is 0.812. The zero-order chi connectivity index (χ0) is 20.9. The van der Waals surface area contributed by atoms with E-state index >= 15 is 0 Å². The first-order chi connectivity index (χ1) is 13.9. The van der Waals surface area contributed by atoms with Gasteiger partial charge in [-0.25, -0.2) is 12.8 Å². The zero-order valence-corrected chi connectivity index (χ0v) is 17.0. The zero-order valence-electron chi connectivity index (χ0n) is 16.2. The van der Waals surface area contributed by atoms with Gasteiger partial charge in [-0.1, -0.05) is 18.6 Å². The minimum atomic E-state index is -3.70. The second-order valence-electron chi connectivity index (χ2n) is 6.71. The molecule has 1 saturated heterocycles. The monoisotopic (exact) mass is 421 g/mol. The highest BCUT2D eigenvalue weighted by Crippen LogP contribution is 2.31. The molecule has 0 aromatic heterocycles. The largest absolute Gasteiger partial charge is 0.495 e. The molecule has 2 aromatic rings. The molecule has 0 aliphatic carbocycles. The molecule has 0 spiro atoms. The number of halogens is 1. The Kier molecular flexibility index (Phi) is 6.71. The van der Waals surface area contributed by atoms with Crippen LogP contribution < -0.4 is 15.4 Å². The molecule has 0 unspecified atom stereocenters. The minimum Gasteiger partial charge on any atom is -0.495 e. The maximum atomic E-state index is 13.6. The van der Waals surface area contributed by atoms with Crippen molar-refractivity contribution in [3.63, 3.8) is 0 Å². The third kappa shape index (κ3) is 5.04.